The predicted molar refractivity (Wildman–Crippen MR) is 79.7 cm³/mol. The number of hydrogen-bond acceptors (Lipinski definition) is 3. The summed E-state index contributed by atoms with van der Waals surface area (Å²) in [6.07, 6.45) is 1.91. The van der Waals surface area contributed by atoms with Gasteiger partial charge in [-0.3, -0.25) is 4.79 Å². The number of methoxy groups -OCH3 is 1. The fourth-order valence-corrected chi connectivity index (χ4v) is 2.84. The second-order valence-electron chi connectivity index (χ2n) is 4.56. The molecule has 1 aliphatic rings. The number of carbonyl (C=O) groups excluding carboxylic acids is 1. The number of ether oxygens (including phenoxy) is 1. The van der Waals surface area contributed by atoms with Crippen molar-refractivity contribution in [1.82, 2.24) is 5.32 Å². The van der Waals surface area contributed by atoms with Gasteiger partial charge in [0.2, 0.25) is 5.91 Å². The Bertz CT molecular complexity index is 463. The number of nitrogens with zero attached hydrogens (tertiary/aromatic N) is 1. The first-order valence-electron chi connectivity index (χ1n) is 6.55. The zero-order valence-electron chi connectivity index (χ0n) is 11.3. The lowest BCUT2D eigenvalue weighted by Crippen LogP contribution is -2.50. The quantitative estimate of drug-likeness (QED) is 0.924. The van der Waals surface area contributed by atoms with E-state index in [1.165, 1.54) is 0 Å². The maximum absolute atomic E-state index is 12.5. The maximum Gasteiger partial charge on any atom is 0.244 e. The van der Waals surface area contributed by atoms with Gasteiger partial charge in [-0.2, -0.15) is 0 Å². The van der Waals surface area contributed by atoms with Gasteiger partial charge in [0, 0.05) is 17.1 Å². The van der Waals surface area contributed by atoms with Gasteiger partial charge in [-0.1, -0.05) is 6.92 Å². The molecule has 1 unspecified atom stereocenters. The molecule has 19 heavy (non-hydrogen) atoms. The second-order valence-corrected chi connectivity index (χ2v) is 5.41. The number of halogens is 1. The van der Waals surface area contributed by atoms with Crippen molar-refractivity contribution in [2.24, 2.45) is 0 Å². The molecule has 0 aliphatic carbocycles. The number of piperidine rings is 1. The summed E-state index contributed by atoms with van der Waals surface area (Å²) in [6, 6.07) is 5.62. The molecule has 0 radical (unpaired) electrons. The summed E-state index contributed by atoms with van der Waals surface area (Å²) < 4.78 is 6.15. The van der Waals surface area contributed by atoms with Crippen LogP contribution in [0.1, 0.15) is 19.8 Å². The number of anilines is 1. The predicted octanol–water partition coefficient (Wildman–Crippen LogP) is 2.56. The van der Waals surface area contributed by atoms with E-state index >= 15 is 0 Å². The molecule has 4 nitrogen and oxygen atoms in total. The molecule has 1 aliphatic heterocycles. The molecule has 5 heteroatoms. The van der Waals surface area contributed by atoms with Gasteiger partial charge in [0.1, 0.15) is 5.75 Å². The van der Waals surface area contributed by atoms with Crippen LogP contribution in [0.2, 0.25) is 0 Å². The van der Waals surface area contributed by atoms with Crippen molar-refractivity contribution < 1.29 is 9.53 Å². The molecule has 2 rings (SSSR count). The largest absolute Gasteiger partial charge is 0.497 e. The Morgan fingerprint density at radius 1 is 1.53 bits per heavy atom. The summed E-state index contributed by atoms with van der Waals surface area (Å²) >= 11 is 3.51. The smallest absolute Gasteiger partial charge is 0.244 e. The van der Waals surface area contributed by atoms with Crippen LogP contribution in [0.5, 0.6) is 5.75 Å². The Morgan fingerprint density at radius 2 is 2.32 bits per heavy atom. The zero-order chi connectivity index (χ0) is 13.8. The highest BCUT2D eigenvalue weighted by molar-refractivity contribution is 9.10. The van der Waals surface area contributed by atoms with Crippen LogP contribution in [0.4, 0.5) is 5.69 Å². The molecule has 1 heterocycles. The van der Waals surface area contributed by atoms with Crippen molar-refractivity contribution in [3.8, 4) is 5.75 Å². The van der Waals surface area contributed by atoms with Gasteiger partial charge in [0.25, 0.3) is 0 Å². The van der Waals surface area contributed by atoms with Crippen LogP contribution in [0, 0.1) is 0 Å². The van der Waals surface area contributed by atoms with E-state index in [-0.39, 0.29) is 11.9 Å². The highest BCUT2D eigenvalue weighted by Crippen LogP contribution is 2.32. The van der Waals surface area contributed by atoms with Crippen LogP contribution in [-0.2, 0) is 4.79 Å². The third-order valence-corrected chi connectivity index (χ3v) is 4.00. The van der Waals surface area contributed by atoms with E-state index in [9.17, 15) is 4.79 Å². The first-order valence-corrected chi connectivity index (χ1v) is 7.35. The minimum atomic E-state index is -0.0724. The summed E-state index contributed by atoms with van der Waals surface area (Å²) in [4.78, 5) is 14.3. The van der Waals surface area contributed by atoms with Crippen molar-refractivity contribution in [1.29, 1.82) is 0 Å². The lowest BCUT2D eigenvalue weighted by atomic mass is 10.0. The van der Waals surface area contributed by atoms with E-state index in [4.69, 9.17) is 4.74 Å². The van der Waals surface area contributed by atoms with Gasteiger partial charge in [0.05, 0.1) is 18.8 Å². The maximum atomic E-state index is 12.5. The lowest BCUT2D eigenvalue weighted by Gasteiger charge is -2.33. The number of amides is 1. The fourth-order valence-electron chi connectivity index (χ4n) is 2.38. The highest BCUT2D eigenvalue weighted by atomic mass is 79.9. The topological polar surface area (TPSA) is 41.6 Å². The van der Waals surface area contributed by atoms with Crippen LogP contribution in [0.3, 0.4) is 0 Å². The number of nitrogens with one attached hydrogen (secondary N) is 1. The number of rotatable bonds is 4. The minimum absolute atomic E-state index is 0.0724. The van der Waals surface area contributed by atoms with E-state index in [0.717, 1.165) is 41.8 Å². The standard InChI is InChI=1S/C14H19BrN2O2/c1-3-16-12-5-4-8-17(14(12)18)13-9-10(19-2)6-7-11(13)15/h6-7,9,12,16H,3-5,8H2,1-2H3. The first kappa shape index (κ1) is 14.3. The second kappa shape index (κ2) is 6.39. The molecule has 0 aromatic heterocycles. The van der Waals surface area contributed by atoms with Crippen LogP contribution < -0.4 is 15.0 Å². The SMILES string of the molecule is CCNC1CCCN(c2cc(OC)ccc2Br)C1=O. The molecule has 1 amide bonds. The van der Waals surface area contributed by atoms with Crippen LogP contribution in [-0.4, -0.2) is 32.1 Å². The average Bonchev–Trinajstić information content (AvgIpc) is 2.42. The third kappa shape index (κ3) is 3.09. The summed E-state index contributed by atoms with van der Waals surface area (Å²) in [5.41, 5.74) is 0.881. The van der Waals surface area contributed by atoms with Gasteiger partial charge >= 0.3 is 0 Å². The Balaban J connectivity index is 2.27. The molecule has 0 spiro atoms. The van der Waals surface area contributed by atoms with Crippen LogP contribution in [0.15, 0.2) is 22.7 Å². The fraction of sp³-hybridized carbons (Fsp3) is 0.500. The molecule has 1 N–H and O–H groups in total. The van der Waals surface area contributed by atoms with E-state index in [1.54, 1.807) is 7.11 Å². The Labute approximate surface area is 122 Å². The van der Waals surface area contributed by atoms with Crippen LogP contribution >= 0.6 is 15.9 Å². The molecule has 1 saturated heterocycles. The Hall–Kier alpha value is -1.07. The van der Waals surface area contributed by atoms with Crippen LogP contribution in [0.25, 0.3) is 0 Å². The molecular formula is C14H19BrN2O2. The summed E-state index contributed by atoms with van der Waals surface area (Å²) in [6.45, 7) is 3.59. The third-order valence-electron chi connectivity index (χ3n) is 3.33. The number of likely N-dealkylation sites (N-methyl/N-ethyl adjacent to an activating group) is 1. The van der Waals surface area contributed by atoms with Crippen molar-refractivity contribution >= 4 is 27.5 Å². The summed E-state index contributed by atoms with van der Waals surface area (Å²) in [5.74, 6) is 0.902. The molecule has 104 valence electrons. The molecule has 0 bridgehead atoms. The zero-order valence-corrected chi connectivity index (χ0v) is 12.9. The van der Waals surface area contributed by atoms with Crippen molar-refractivity contribution in [3.63, 3.8) is 0 Å². The van der Waals surface area contributed by atoms with Gasteiger partial charge < -0.3 is 15.0 Å². The summed E-state index contributed by atoms with van der Waals surface area (Å²) in [7, 11) is 1.63. The monoisotopic (exact) mass is 326 g/mol. The first-order chi connectivity index (χ1) is 9.17. The molecular weight excluding hydrogens is 308 g/mol. The number of carbonyl (C=O) groups is 1. The Kier molecular flexibility index (Phi) is 4.82. The van der Waals surface area contributed by atoms with E-state index < -0.39 is 0 Å². The summed E-state index contributed by atoms with van der Waals surface area (Å²) in [5, 5.41) is 3.24. The van der Waals surface area contributed by atoms with Crippen molar-refractivity contribution in [2.75, 3.05) is 25.1 Å². The van der Waals surface area contributed by atoms with Gasteiger partial charge in [-0.05, 0) is 47.4 Å². The lowest BCUT2D eigenvalue weighted by molar-refractivity contribution is -0.121. The highest BCUT2D eigenvalue weighted by Gasteiger charge is 2.30. The number of hydrogen-bond donors (Lipinski definition) is 1. The molecule has 0 saturated carbocycles. The van der Waals surface area contributed by atoms with Gasteiger partial charge in [-0.15, -0.1) is 0 Å². The van der Waals surface area contributed by atoms with Crippen molar-refractivity contribution in [3.05, 3.63) is 22.7 Å². The van der Waals surface area contributed by atoms with Crippen molar-refractivity contribution in [2.45, 2.75) is 25.8 Å². The van der Waals surface area contributed by atoms with E-state index in [1.807, 2.05) is 30.0 Å². The molecule has 1 atom stereocenters. The Morgan fingerprint density at radius 3 is 3.00 bits per heavy atom. The molecule has 1 aromatic carbocycles. The molecule has 1 fully saturated rings. The van der Waals surface area contributed by atoms with Gasteiger partial charge in [0.15, 0.2) is 0 Å². The normalized spacial score (nSPS) is 19.6. The number of benzene rings is 1. The molecule has 1 aromatic rings. The van der Waals surface area contributed by atoms with E-state index in [0.29, 0.717) is 0 Å². The van der Waals surface area contributed by atoms with E-state index in [2.05, 4.69) is 21.2 Å². The van der Waals surface area contributed by atoms with Gasteiger partial charge in [-0.25, -0.2) is 0 Å². The minimum Gasteiger partial charge on any atom is -0.497 e. The average molecular weight is 327 g/mol.